The normalized spacial score (nSPS) is 11.9. The molecule has 0 radical (unpaired) electrons. The number of hydrogen-bond donors (Lipinski definition) is 0. The second-order valence-corrected chi connectivity index (χ2v) is 20.0. The molecule has 4 heterocycles. The summed E-state index contributed by atoms with van der Waals surface area (Å²) >= 11 is 0. The quantitative estimate of drug-likeness (QED) is 0.152. The van der Waals surface area contributed by atoms with E-state index in [4.69, 9.17) is 4.42 Å². The van der Waals surface area contributed by atoms with E-state index in [2.05, 4.69) is 298 Å². The van der Waals surface area contributed by atoms with Gasteiger partial charge in [0.05, 0.1) is 44.2 Å². The average molecular weight is 983 g/mol. The Labute approximate surface area is 443 Å². The molecule has 77 heavy (non-hydrogen) atoms. The van der Waals surface area contributed by atoms with Gasteiger partial charge < -0.3 is 23.0 Å². The fourth-order valence-electron chi connectivity index (χ4n) is 12.4. The Bertz CT molecular complexity index is 4750. The topological polar surface area (TPSA) is 31.2 Å². The van der Waals surface area contributed by atoms with Crippen molar-refractivity contribution in [3.8, 4) is 39.3 Å². The van der Waals surface area contributed by atoms with Gasteiger partial charge in [-0.05, 0) is 144 Å². The summed E-state index contributed by atoms with van der Waals surface area (Å²) in [7, 11) is 0. The van der Waals surface area contributed by atoms with E-state index in [-0.39, 0.29) is 0 Å². The molecule has 0 aliphatic carbocycles. The van der Waals surface area contributed by atoms with Crippen molar-refractivity contribution in [1.29, 1.82) is 0 Å². The molecule has 0 fully saturated rings. The van der Waals surface area contributed by atoms with Gasteiger partial charge in [0.25, 0.3) is 0 Å². The molecule has 16 aromatic rings. The Morgan fingerprint density at radius 2 is 0.623 bits per heavy atom. The number of rotatable bonds is 8. The summed E-state index contributed by atoms with van der Waals surface area (Å²) in [6.45, 7) is 0. The fourth-order valence-corrected chi connectivity index (χ4v) is 12.4. The number of para-hydroxylation sites is 7. The van der Waals surface area contributed by atoms with Gasteiger partial charge >= 0.3 is 0 Å². The van der Waals surface area contributed by atoms with Gasteiger partial charge in [-0.3, -0.25) is 0 Å². The number of anilines is 3. The van der Waals surface area contributed by atoms with Crippen LogP contribution in [0.25, 0.3) is 127 Å². The third-order valence-corrected chi connectivity index (χ3v) is 15.8. The average Bonchev–Trinajstić information content (AvgIpc) is 4.30. The van der Waals surface area contributed by atoms with E-state index in [1.165, 1.54) is 43.6 Å². The zero-order valence-electron chi connectivity index (χ0n) is 41.8. The monoisotopic (exact) mass is 982 g/mol. The molecule has 4 aromatic heterocycles. The van der Waals surface area contributed by atoms with Crippen LogP contribution >= 0.6 is 0 Å². The summed E-state index contributed by atoms with van der Waals surface area (Å²) in [4.78, 5) is 2.36. The molecule has 16 rings (SSSR count). The van der Waals surface area contributed by atoms with Crippen LogP contribution in [0, 0.1) is 0 Å². The first kappa shape index (κ1) is 43.1. The van der Waals surface area contributed by atoms with Crippen LogP contribution in [0.3, 0.4) is 0 Å². The molecule has 0 saturated heterocycles. The van der Waals surface area contributed by atoms with Gasteiger partial charge in [-0.15, -0.1) is 0 Å². The van der Waals surface area contributed by atoms with Gasteiger partial charge in [0.2, 0.25) is 0 Å². The minimum absolute atomic E-state index is 0.834. The van der Waals surface area contributed by atoms with Crippen molar-refractivity contribution in [3.63, 3.8) is 0 Å². The fraction of sp³-hybridized carbons (Fsp3) is 0. The predicted molar refractivity (Wildman–Crippen MR) is 322 cm³/mol. The van der Waals surface area contributed by atoms with Gasteiger partial charge in [0, 0.05) is 66.1 Å². The van der Waals surface area contributed by atoms with Crippen LogP contribution < -0.4 is 4.90 Å². The van der Waals surface area contributed by atoms with Crippen molar-refractivity contribution in [2.45, 2.75) is 0 Å². The van der Waals surface area contributed by atoms with Crippen LogP contribution in [0.1, 0.15) is 0 Å². The van der Waals surface area contributed by atoms with E-state index < -0.39 is 0 Å². The molecule has 0 unspecified atom stereocenters. The van der Waals surface area contributed by atoms with Crippen LogP contribution in [0.4, 0.5) is 17.1 Å². The van der Waals surface area contributed by atoms with Crippen molar-refractivity contribution in [1.82, 2.24) is 13.7 Å². The molecule has 0 aliphatic heterocycles. The van der Waals surface area contributed by atoms with Gasteiger partial charge in [-0.2, -0.15) is 0 Å². The molecule has 5 nitrogen and oxygen atoms in total. The maximum atomic E-state index is 7.33. The van der Waals surface area contributed by atoms with Gasteiger partial charge in [0.15, 0.2) is 5.58 Å². The Hall–Kier alpha value is -10.4. The van der Waals surface area contributed by atoms with E-state index >= 15 is 0 Å². The largest absolute Gasteiger partial charge is 0.453 e. The summed E-state index contributed by atoms with van der Waals surface area (Å²) in [5.74, 6) is 0. The van der Waals surface area contributed by atoms with E-state index in [0.717, 1.165) is 100 Å². The number of furan rings is 1. The molecule has 0 atom stereocenters. The molecular formula is C72H46N4O. The number of hydrogen-bond acceptors (Lipinski definition) is 2. The van der Waals surface area contributed by atoms with Crippen LogP contribution in [0.15, 0.2) is 283 Å². The standard InChI is InChI=1S/C72H46N4O/c1-4-17-51(18-5-1)74-63-27-13-10-23-56(63)61-45-49(35-42-66(61)74)47-31-37-54(38-32-47)73(55-39-33-48(34-40-55)50-36-43-67-62(46-50)57-24-11-14-28-64(57)75(67)52-19-6-2-7-20-52)69-30-16-26-58-59-41-44-68-70(72(59)77-71(58)69)60-25-12-15-29-65(60)76(68)53-21-8-3-9-22-53/h1-46H. The highest BCUT2D eigenvalue weighted by molar-refractivity contribution is 6.25. The van der Waals surface area contributed by atoms with Crippen molar-refractivity contribution >= 4 is 104 Å². The Balaban J connectivity index is 0.851. The highest BCUT2D eigenvalue weighted by Crippen LogP contribution is 2.47. The van der Waals surface area contributed by atoms with E-state index in [1.54, 1.807) is 0 Å². The molecule has 5 heteroatoms. The first-order valence-corrected chi connectivity index (χ1v) is 26.3. The predicted octanol–water partition coefficient (Wildman–Crippen LogP) is 19.7. The van der Waals surface area contributed by atoms with E-state index in [0.29, 0.717) is 0 Å². The number of benzene rings is 12. The molecule has 0 saturated carbocycles. The molecule has 360 valence electrons. The SMILES string of the molecule is c1ccc(-n2c3ccccc3c3cc(-c4ccc(N(c5ccc(-c6ccc7c(c6)c6ccccc6n7-c6ccccc6)cc5)c5cccc6c5oc5c6ccc6c5c5ccccc5n6-c5ccccc5)cc4)ccc32)cc1. The molecule has 0 bridgehead atoms. The smallest absolute Gasteiger partial charge is 0.159 e. The van der Waals surface area contributed by atoms with Crippen LogP contribution in [0.2, 0.25) is 0 Å². The summed E-state index contributed by atoms with van der Waals surface area (Å²) in [5.41, 5.74) is 19.8. The van der Waals surface area contributed by atoms with Crippen molar-refractivity contribution in [2.75, 3.05) is 4.90 Å². The van der Waals surface area contributed by atoms with Crippen molar-refractivity contribution < 1.29 is 4.42 Å². The second kappa shape index (κ2) is 17.1. The van der Waals surface area contributed by atoms with Crippen LogP contribution in [-0.2, 0) is 0 Å². The molecule has 0 aliphatic rings. The third kappa shape index (κ3) is 6.67. The van der Waals surface area contributed by atoms with E-state index in [1.807, 2.05) is 0 Å². The maximum absolute atomic E-state index is 7.33. The highest BCUT2D eigenvalue weighted by Gasteiger charge is 2.24. The number of fused-ring (bicyclic) bond motifs is 13. The molecule has 12 aromatic carbocycles. The van der Waals surface area contributed by atoms with E-state index in [9.17, 15) is 0 Å². The first-order chi connectivity index (χ1) is 38.2. The molecular weight excluding hydrogens is 937 g/mol. The summed E-state index contributed by atoms with van der Waals surface area (Å²) in [6.07, 6.45) is 0. The molecule has 0 spiro atoms. The lowest BCUT2D eigenvalue weighted by Crippen LogP contribution is -2.10. The Morgan fingerprint density at radius 3 is 1.13 bits per heavy atom. The van der Waals surface area contributed by atoms with Crippen LogP contribution in [-0.4, -0.2) is 13.7 Å². The zero-order chi connectivity index (χ0) is 50.6. The Morgan fingerprint density at radius 1 is 0.247 bits per heavy atom. The zero-order valence-corrected chi connectivity index (χ0v) is 41.8. The van der Waals surface area contributed by atoms with Crippen molar-refractivity contribution in [3.05, 3.63) is 279 Å². The summed E-state index contributed by atoms with van der Waals surface area (Å²) in [6, 6.07) is 101. The minimum Gasteiger partial charge on any atom is -0.453 e. The van der Waals surface area contributed by atoms with Gasteiger partial charge in [-0.25, -0.2) is 0 Å². The summed E-state index contributed by atoms with van der Waals surface area (Å²) in [5, 5.41) is 9.35. The van der Waals surface area contributed by atoms with Gasteiger partial charge in [0.1, 0.15) is 5.58 Å². The van der Waals surface area contributed by atoms with Gasteiger partial charge in [-0.1, -0.05) is 158 Å². The van der Waals surface area contributed by atoms with Crippen molar-refractivity contribution in [2.24, 2.45) is 0 Å². The lowest BCUT2D eigenvalue weighted by atomic mass is 10.0. The first-order valence-electron chi connectivity index (χ1n) is 26.3. The second-order valence-electron chi connectivity index (χ2n) is 20.0. The minimum atomic E-state index is 0.834. The lowest BCUT2D eigenvalue weighted by molar-refractivity contribution is 0.673. The molecule has 0 N–H and O–H groups in total. The third-order valence-electron chi connectivity index (χ3n) is 15.8. The van der Waals surface area contributed by atoms with Crippen LogP contribution in [0.5, 0.6) is 0 Å². The highest BCUT2D eigenvalue weighted by atomic mass is 16.3. The number of nitrogens with zero attached hydrogens (tertiary/aromatic N) is 4. The maximum Gasteiger partial charge on any atom is 0.159 e. The summed E-state index contributed by atoms with van der Waals surface area (Å²) < 4.78 is 14.4. The number of aromatic nitrogens is 3. The molecule has 0 amide bonds. The lowest BCUT2D eigenvalue weighted by Gasteiger charge is -2.26. The Kier molecular flexibility index (Phi) is 9.57.